The monoisotopic (exact) mass is 383 g/mol. The van der Waals surface area contributed by atoms with E-state index in [2.05, 4.69) is 15.9 Å². The summed E-state index contributed by atoms with van der Waals surface area (Å²) in [5.74, 6) is -1.13. The fourth-order valence-corrected chi connectivity index (χ4v) is 5.80. The topological polar surface area (TPSA) is 83.9 Å². The van der Waals surface area contributed by atoms with Gasteiger partial charge in [0.25, 0.3) is 0 Å². The van der Waals surface area contributed by atoms with Gasteiger partial charge in [0.15, 0.2) is 0 Å². The average Bonchev–Trinajstić information content (AvgIpc) is 2.82. The molecule has 1 saturated heterocycles. The molecular formula is C11H14BrNO5S2. The van der Waals surface area contributed by atoms with Crippen LogP contribution in [0.4, 0.5) is 0 Å². The number of halogens is 1. The van der Waals surface area contributed by atoms with Gasteiger partial charge in [0.2, 0.25) is 10.0 Å². The highest BCUT2D eigenvalue weighted by molar-refractivity contribution is 9.11. The van der Waals surface area contributed by atoms with Crippen molar-refractivity contribution in [1.82, 2.24) is 4.31 Å². The van der Waals surface area contributed by atoms with Crippen LogP contribution in [0.5, 0.6) is 0 Å². The molecule has 1 aromatic heterocycles. The number of carboxylic acid groups (broad SMARTS) is 1. The first kappa shape index (κ1) is 15.9. The summed E-state index contributed by atoms with van der Waals surface area (Å²) in [6.07, 6.45) is 1.28. The van der Waals surface area contributed by atoms with Crippen LogP contribution in [0.3, 0.4) is 0 Å². The normalized spacial score (nSPS) is 17.6. The second kappa shape index (κ2) is 6.10. The van der Waals surface area contributed by atoms with Crippen LogP contribution in [0.15, 0.2) is 14.7 Å². The molecule has 1 N–H and O–H groups in total. The summed E-state index contributed by atoms with van der Waals surface area (Å²) in [5, 5.41) is 8.94. The van der Waals surface area contributed by atoms with Crippen LogP contribution >= 0.6 is 27.3 Å². The molecule has 0 aliphatic carbocycles. The molecule has 0 radical (unpaired) electrons. The highest BCUT2D eigenvalue weighted by atomic mass is 79.9. The van der Waals surface area contributed by atoms with Crippen LogP contribution in [0.2, 0.25) is 0 Å². The number of ether oxygens (including phenoxy) is 1. The molecule has 0 aromatic carbocycles. The van der Waals surface area contributed by atoms with E-state index in [1.807, 2.05) is 0 Å². The van der Waals surface area contributed by atoms with Crippen molar-refractivity contribution in [1.29, 1.82) is 0 Å². The summed E-state index contributed by atoms with van der Waals surface area (Å²) in [5.41, 5.74) is 0. The number of carboxylic acids is 1. The lowest BCUT2D eigenvalue weighted by Gasteiger charge is -2.30. The molecule has 1 aliphatic heterocycles. The third-order valence-electron chi connectivity index (χ3n) is 3.23. The summed E-state index contributed by atoms with van der Waals surface area (Å²) in [6.45, 7) is 1.07. The van der Waals surface area contributed by atoms with Crippen LogP contribution in [0, 0.1) is 0 Å². The van der Waals surface area contributed by atoms with Crippen molar-refractivity contribution in [2.75, 3.05) is 20.3 Å². The first-order valence-corrected chi connectivity index (χ1v) is 8.97. The Balaban J connectivity index is 2.31. The van der Waals surface area contributed by atoms with E-state index in [1.54, 1.807) is 0 Å². The smallest absolute Gasteiger partial charge is 0.345 e. The van der Waals surface area contributed by atoms with Crippen LogP contribution in [0.25, 0.3) is 0 Å². The minimum absolute atomic E-state index is 0.00386. The second-order valence-corrected chi connectivity index (χ2v) is 8.75. The first-order valence-electron chi connectivity index (χ1n) is 5.92. The van der Waals surface area contributed by atoms with Crippen molar-refractivity contribution in [2.45, 2.75) is 23.8 Å². The Labute approximate surface area is 129 Å². The standard InChI is InChI=1S/C11H14BrNO5S2/c1-13(7-2-4-18-5-3-7)20(16,17)9-6-8(11(14)15)19-10(9)12/h6-7H,2-5H2,1H3,(H,14,15). The van der Waals surface area contributed by atoms with Crippen LogP contribution < -0.4 is 0 Å². The molecule has 0 unspecified atom stereocenters. The van der Waals surface area contributed by atoms with Gasteiger partial charge < -0.3 is 9.84 Å². The Morgan fingerprint density at radius 2 is 2.10 bits per heavy atom. The van der Waals surface area contributed by atoms with Gasteiger partial charge in [-0.1, -0.05) is 0 Å². The fourth-order valence-electron chi connectivity index (χ4n) is 2.03. The summed E-state index contributed by atoms with van der Waals surface area (Å²) >= 11 is 4.04. The van der Waals surface area contributed by atoms with Gasteiger partial charge in [-0.05, 0) is 34.8 Å². The van der Waals surface area contributed by atoms with E-state index in [9.17, 15) is 13.2 Å². The molecule has 112 valence electrons. The van der Waals surface area contributed by atoms with Crippen molar-refractivity contribution < 1.29 is 23.1 Å². The van der Waals surface area contributed by atoms with E-state index in [0.717, 1.165) is 11.3 Å². The highest BCUT2D eigenvalue weighted by Crippen LogP contribution is 2.34. The molecule has 9 heteroatoms. The molecule has 1 fully saturated rings. The maximum atomic E-state index is 12.6. The van der Waals surface area contributed by atoms with Gasteiger partial charge in [-0.25, -0.2) is 13.2 Å². The molecule has 2 heterocycles. The van der Waals surface area contributed by atoms with E-state index in [4.69, 9.17) is 9.84 Å². The van der Waals surface area contributed by atoms with E-state index in [-0.39, 0.29) is 15.8 Å². The van der Waals surface area contributed by atoms with Gasteiger partial charge in [-0.3, -0.25) is 0 Å². The zero-order valence-electron chi connectivity index (χ0n) is 10.7. The fraction of sp³-hybridized carbons (Fsp3) is 0.545. The SMILES string of the molecule is CN(C1CCOCC1)S(=O)(=O)c1cc(C(=O)O)sc1Br. The van der Waals surface area contributed by atoms with Gasteiger partial charge in [0.05, 0.1) is 3.79 Å². The van der Waals surface area contributed by atoms with Crippen molar-refractivity contribution in [3.05, 3.63) is 14.7 Å². The number of rotatable bonds is 4. The lowest BCUT2D eigenvalue weighted by atomic mass is 10.1. The molecule has 0 atom stereocenters. The molecule has 6 nitrogen and oxygen atoms in total. The average molecular weight is 384 g/mol. The van der Waals surface area contributed by atoms with Gasteiger partial charge >= 0.3 is 5.97 Å². The number of nitrogens with zero attached hydrogens (tertiary/aromatic N) is 1. The Morgan fingerprint density at radius 3 is 2.60 bits per heavy atom. The Morgan fingerprint density at radius 1 is 1.50 bits per heavy atom. The lowest BCUT2D eigenvalue weighted by molar-refractivity contribution is 0.0632. The largest absolute Gasteiger partial charge is 0.477 e. The minimum Gasteiger partial charge on any atom is -0.477 e. The minimum atomic E-state index is -3.70. The Bertz CT molecular complexity index is 606. The summed E-state index contributed by atoms with van der Waals surface area (Å²) in [6, 6.07) is 1.08. The molecule has 0 amide bonds. The molecule has 2 rings (SSSR count). The maximum Gasteiger partial charge on any atom is 0.345 e. The zero-order valence-corrected chi connectivity index (χ0v) is 13.9. The first-order chi connectivity index (χ1) is 9.34. The van der Waals surface area contributed by atoms with Crippen molar-refractivity contribution in [3.63, 3.8) is 0 Å². The number of hydrogen-bond donors (Lipinski definition) is 1. The second-order valence-electron chi connectivity index (χ2n) is 4.42. The predicted octanol–water partition coefficient (Wildman–Crippen LogP) is 2.01. The third-order valence-corrected chi connectivity index (χ3v) is 7.38. The molecule has 0 bridgehead atoms. The number of hydrogen-bond acceptors (Lipinski definition) is 5. The predicted molar refractivity (Wildman–Crippen MR) is 77.8 cm³/mol. The van der Waals surface area contributed by atoms with E-state index in [0.29, 0.717) is 29.8 Å². The van der Waals surface area contributed by atoms with Gasteiger partial charge in [0, 0.05) is 26.3 Å². The molecule has 0 spiro atoms. The molecule has 0 saturated carbocycles. The van der Waals surface area contributed by atoms with Gasteiger partial charge in [-0.15, -0.1) is 11.3 Å². The Kier molecular flexibility index (Phi) is 4.85. The molecule has 1 aliphatic rings. The maximum absolute atomic E-state index is 12.6. The molecule has 1 aromatic rings. The van der Waals surface area contributed by atoms with Crippen LogP contribution in [-0.4, -0.2) is 50.1 Å². The van der Waals surface area contributed by atoms with Gasteiger partial charge in [0.1, 0.15) is 9.77 Å². The van der Waals surface area contributed by atoms with E-state index in [1.165, 1.54) is 17.4 Å². The molecular weight excluding hydrogens is 370 g/mol. The quantitative estimate of drug-likeness (QED) is 0.859. The summed E-state index contributed by atoms with van der Waals surface area (Å²) in [4.78, 5) is 10.9. The molecule has 20 heavy (non-hydrogen) atoms. The van der Waals surface area contributed by atoms with Crippen molar-refractivity contribution >= 4 is 43.3 Å². The number of sulfonamides is 1. The van der Waals surface area contributed by atoms with E-state index >= 15 is 0 Å². The van der Waals surface area contributed by atoms with Crippen molar-refractivity contribution in [2.24, 2.45) is 0 Å². The van der Waals surface area contributed by atoms with Crippen LogP contribution in [0.1, 0.15) is 22.5 Å². The zero-order chi connectivity index (χ0) is 14.9. The number of aromatic carboxylic acids is 1. The summed E-state index contributed by atoms with van der Waals surface area (Å²) < 4.78 is 32.0. The lowest BCUT2D eigenvalue weighted by Crippen LogP contribution is -2.40. The van der Waals surface area contributed by atoms with Gasteiger partial charge in [-0.2, -0.15) is 4.31 Å². The number of carbonyl (C=O) groups is 1. The van der Waals surface area contributed by atoms with Crippen molar-refractivity contribution in [3.8, 4) is 0 Å². The van der Waals surface area contributed by atoms with E-state index < -0.39 is 16.0 Å². The van der Waals surface area contributed by atoms with Crippen LogP contribution in [-0.2, 0) is 14.8 Å². The Hall–Kier alpha value is -0.480. The summed E-state index contributed by atoms with van der Waals surface area (Å²) in [7, 11) is -2.18. The number of thiophene rings is 1. The third kappa shape index (κ3) is 3.06. The highest BCUT2D eigenvalue weighted by Gasteiger charge is 2.32.